The lowest BCUT2D eigenvalue weighted by Crippen LogP contribution is -2.00. The van der Waals surface area contributed by atoms with Gasteiger partial charge < -0.3 is 13.7 Å². The molecule has 4 rings (SSSR count). The summed E-state index contributed by atoms with van der Waals surface area (Å²) in [7, 11) is 1.54. The largest absolute Gasteiger partial charge is 0.497 e. The number of hydrogen-bond donors (Lipinski definition) is 0. The SMILES string of the molecule is COc1ccc(F)c(-c2nc(Cn3cnc4ccccc43)c(C)o2)c1. The van der Waals surface area contributed by atoms with Gasteiger partial charge >= 0.3 is 0 Å². The number of para-hydroxylation sites is 2. The molecule has 126 valence electrons. The highest BCUT2D eigenvalue weighted by molar-refractivity contribution is 5.75. The summed E-state index contributed by atoms with van der Waals surface area (Å²) in [4.78, 5) is 8.86. The molecule has 0 fully saturated rings. The van der Waals surface area contributed by atoms with Crippen LogP contribution < -0.4 is 4.74 Å². The molecule has 6 heteroatoms. The number of aromatic nitrogens is 3. The van der Waals surface area contributed by atoms with E-state index in [4.69, 9.17) is 9.15 Å². The maximum absolute atomic E-state index is 14.1. The van der Waals surface area contributed by atoms with Gasteiger partial charge in [-0.1, -0.05) is 12.1 Å². The smallest absolute Gasteiger partial charge is 0.229 e. The first-order valence-electron chi connectivity index (χ1n) is 7.86. The van der Waals surface area contributed by atoms with Crippen LogP contribution in [0, 0.1) is 12.7 Å². The molecule has 0 aliphatic heterocycles. The van der Waals surface area contributed by atoms with Gasteiger partial charge in [0.25, 0.3) is 0 Å². The lowest BCUT2D eigenvalue weighted by atomic mass is 10.2. The Labute approximate surface area is 143 Å². The molecule has 0 unspecified atom stereocenters. The normalized spacial score (nSPS) is 11.2. The van der Waals surface area contributed by atoms with Gasteiger partial charge in [-0.2, -0.15) is 0 Å². The first kappa shape index (κ1) is 15.4. The van der Waals surface area contributed by atoms with Crippen LogP contribution in [0.25, 0.3) is 22.5 Å². The van der Waals surface area contributed by atoms with E-state index >= 15 is 0 Å². The van der Waals surface area contributed by atoms with Crippen LogP contribution in [-0.2, 0) is 6.54 Å². The molecule has 0 amide bonds. The Morgan fingerprint density at radius 1 is 1.20 bits per heavy atom. The number of aryl methyl sites for hydroxylation is 1. The van der Waals surface area contributed by atoms with Gasteiger partial charge in [-0.25, -0.2) is 14.4 Å². The lowest BCUT2D eigenvalue weighted by Gasteiger charge is -2.02. The maximum atomic E-state index is 14.1. The Bertz CT molecular complexity index is 1050. The van der Waals surface area contributed by atoms with E-state index in [-0.39, 0.29) is 11.5 Å². The Hall–Kier alpha value is -3.15. The molecule has 0 atom stereocenters. The summed E-state index contributed by atoms with van der Waals surface area (Å²) in [5, 5.41) is 0. The van der Waals surface area contributed by atoms with Crippen LogP contribution in [0.1, 0.15) is 11.5 Å². The first-order valence-corrected chi connectivity index (χ1v) is 7.86. The lowest BCUT2D eigenvalue weighted by molar-refractivity contribution is 0.413. The number of benzene rings is 2. The molecule has 25 heavy (non-hydrogen) atoms. The van der Waals surface area contributed by atoms with E-state index in [1.54, 1.807) is 18.5 Å². The number of oxazole rings is 1. The summed E-state index contributed by atoms with van der Waals surface area (Å²) < 4.78 is 27.0. The van der Waals surface area contributed by atoms with Gasteiger partial charge in [0, 0.05) is 0 Å². The van der Waals surface area contributed by atoms with Crippen LogP contribution in [0.3, 0.4) is 0 Å². The van der Waals surface area contributed by atoms with Gasteiger partial charge in [-0.3, -0.25) is 0 Å². The molecule has 0 bridgehead atoms. The van der Waals surface area contributed by atoms with Crippen molar-refractivity contribution in [3.8, 4) is 17.2 Å². The number of methoxy groups -OCH3 is 1. The second-order valence-corrected chi connectivity index (χ2v) is 5.73. The zero-order chi connectivity index (χ0) is 17.4. The predicted molar refractivity (Wildman–Crippen MR) is 92.0 cm³/mol. The van der Waals surface area contributed by atoms with E-state index < -0.39 is 5.82 Å². The molecule has 0 aliphatic carbocycles. The molecular weight excluding hydrogens is 321 g/mol. The molecular formula is C19H16FN3O2. The van der Waals surface area contributed by atoms with Gasteiger partial charge in [0.05, 0.1) is 36.6 Å². The van der Waals surface area contributed by atoms with Crippen LogP contribution >= 0.6 is 0 Å². The van der Waals surface area contributed by atoms with Crippen molar-refractivity contribution in [1.29, 1.82) is 0 Å². The quantitative estimate of drug-likeness (QED) is 0.560. The van der Waals surface area contributed by atoms with Crippen molar-refractivity contribution in [2.45, 2.75) is 13.5 Å². The number of halogens is 1. The number of hydrogen-bond acceptors (Lipinski definition) is 4. The van der Waals surface area contributed by atoms with Gasteiger partial charge in [-0.15, -0.1) is 0 Å². The van der Waals surface area contributed by atoms with Crippen LogP contribution in [0.2, 0.25) is 0 Å². The predicted octanol–water partition coefficient (Wildman–Crippen LogP) is 4.20. The summed E-state index contributed by atoms with van der Waals surface area (Å²) in [6.45, 7) is 2.32. The second kappa shape index (κ2) is 6.05. The van der Waals surface area contributed by atoms with E-state index in [0.29, 0.717) is 18.1 Å². The van der Waals surface area contributed by atoms with E-state index in [9.17, 15) is 4.39 Å². The number of imidazole rings is 1. The second-order valence-electron chi connectivity index (χ2n) is 5.73. The summed E-state index contributed by atoms with van der Waals surface area (Å²) in [6.07, 6.45) is 1.77. The Kier molecular flexibility index (Phi) is 3.72. The van der Waals surface area contributed by atoms with Gasteiger partial charge in [0.1, 0.15) is 23.0 Å². The fraction of sp³-hybridized carbons (Fsp3) is 0.158. The van der Waals surface area contributed by atoms with Gasteiger partial charge in [0.15, 0.2) is 0 Å². The molecule has 2 aromatic heterocycles. The van der Waals surface area contributed by atoms with Crippen molar-refractivity contribution < 1.29 is 13.5 Å². The van der Waals surface area contributed by atoms with Crippen molar-refractivity contribution in [3.05, 3.63) is 66.1 Å². The van der Waals surface area contributed by atoms with Crippen molar-refractivity contribution in [1.82, 2.24) is 14.5 Å². The average molecular weight is 337 g/mol. The molecule has 0 saturated heterocycles. The van der Waals surface area contributed by atoms with E-state index in [0.717, 1.165) is 16.7 Å². The maximum Gasteiger partial charge on any atom is 0.229 e. The van der Waals surface area contributed by atoms with Crippen LogP contribution in [0.4, 0.5) is 4.39 Å². The molecule has 0 saturated carbocycles. The third-order valence-electron chi connectivity index (χ3n) is 4.14. The van der Waals surface area contributed by atoms with E-state index in [1.807, 2.05) is 35.8 Å². The van der Waals surface area contributed by atoms with Crippen LogP contribution in [0.15, 0.2) is 53.2 Å². The Morgan fingerprint density at radius 2 is 2.04 bits per heavy atom. The monoisotopic (exact) mass is 337 g/mol. The van der Waals surface area contributed by atoms with Crippen molar-refractivity contribution in [2.75, 3.05) is 7.11 Å². The fourth-order valence-corrected chi connectivity index (χ4v) is 2.78. The molecule has 5 nitrogen and oxygen atoms in total. The van der Waals surface area contributed by atoms with Crippen molar-refractivity contribution in [3.63, 3.8) is 0 Å². The molecule has 0 N–H and O–H groups in total. The summed E-state index contributed by atoms with van der Waals surface area (Å²) in [6, 6.07) is 12.4. The zero-order valence-electron chi connectivity index (χ0n) is 13.9. The van der Waals surface area contributed by atoms with Gasteiger partial charge in [0.2, 0.25) is 5.89 Å². The van der Waals surface area contributed by atoms with E-state index in [2.05, 4.69) is 9.97 Å². The van der Waals surface area contributed by atoms with E-state index in [1.165, 1.54) is 13.2 Å². The Morgan fingerprint density at radius 3 is 2.88 bits per heavy atom. The van der Waals surface area contributed by atoms with Crippen molar-refractivity contribution in [2.24, 2.45) is 0 Å². The highest BCUT2D eigenvalue weighted by Crippen LogP contribution is 2.28. The minimum Gasteiger partial charge on any atom is -0.497 e. The summed E-state index contributed by atoms with van der Waals surface area (Å²) in [5.41, 5.74) is 2.95. The molecule has 0 radical (unpaired) electrons. The van der Waals surface area contributed by atoms with Crippen LogP contribution in [0.5, 0.6) is 5.75 Å². The first-order chi connectivity index (χ1) is 12.2. The summed E-state index contributed by atoms with van der Waals surface area (Å²) in [5.74, 6) is 1.04. The molecule has 0 aliphatic rings. The standard InChI is InChI=1S/C19H16FN3O2/c1-12-17(10-23-11-21-16-5-3-4-6-18(16)23)22-19(25-12)14-9-13(24-2)7-8-15(14)20/h3-9,11H,10H2,1-2H3. The third kappa shape index (κ3) is 2.76. The zero-order valence-corrected chi connectivity index (χ0v) is 13.9. The molecule has 0 spiro atoms. The summed E-state index contributed by atoms with van der Waals surface area (Å²) >= 11 is 0. The highest BCUT2D eigenvalue weighted by Gasteiger charge is 2.16. The Balaban J connectivity index is 1.71. The average Bonchev–Trinajstić information content (AvgIpc) is 3.20. The number of nitrogens with zero attached hydrogens (tertiary/aromatic N) is 3. The topological polar surface area (TPSA) is 53.1 Å². The molecule has 2 aromatic carbocycles. The minimum absolute atomic E-state index is 0.244. The molecule has 2 heterocycles. The third-order valence-corrected chi connectivity index (χ3v) is 4.14. The number of fused-ring (bicyclic) bond motifs is 1. The fourth-order valence-electron chi connectivity index (χ4n) is 2.78. The number of rotatable bonds is 4. The van der Waals surface area contributed by atoms with Crippen molar-refractivity contribution >= 4 is 11.0 Å². The minimum atomic E-state index is -0.401. The van der Waals surface area contributed by atoms with Crippen LogP contribution in [-0.4, -0.2) is 21.6 Å². The number of ether oxygens (including phenoxy) is 1. The highest BCUT2D eigenvalue weighted by atomic mass is 19.1. The molecule has 4 aromatic rings. The van der Waals surface area contributed by atoms with Gasteiger partial charge in [-0.05, 0) is 37.3 Å².